The fourth-order valence-corrected chi connectivity index (χ4v) is 3.93. The quantitative estimate of drug-likeness (QED) is 0.560. The van der Waals surface area contributed by atoms with Crippen molar-refractivity contribution in [1.29, 1.82) is 0 Å². The van der Waals surface area contributed by atoms with E-state index in [1.807, 2.05) is 70.2 Å². The van der Waals surface area contributed by atoms with Gasteiger partial charge in [-0.1, -0.05) is 56.2 Å². The van der Waals surface area contributed by atoms with Crippen molar-refractivity contribution >= 4 is 17.7 Å². The largest absolute Gasteiger partial charge is 0.325 e. The standard InChI is InChI=1S/C24H28N2O3/c1-5-6-12-24(19-10-8-7-9-11-19)22(28)26(23(29)25-24)15-21(27)20-14-17(3)16(2)13-18(20)4/h7-11,13-14H,5-6,12,15H2,1-4H3,(H,25,29). The van der Waals surface area contributed by atoms with Gasteiger partial charge >= 0.3 is 6.03 Å². The molecule has 3 rings (SSSR count). The number of carbonyl (C=O) groups excluding carboxylic acids is 3. The van der Waals surface area contributed by atoms with Crippen molar-refractivity contribution in [3.05, 3.63) is 70.3 Å². The van der Waals surface area contributed by atoms with Gasteiger partial charge in [-0.15, -0.1) is 0 Å². The van der Waals surface area contributed by atoms with E-state index in [4.69, 9.17) is 0 Å². The first-order valence-corrected chi connectivity index (χ1v) is 10.1. The molecule has 5 nitrogen and oxygen atoms in total. The number of benzene rings is 2. The number of ketones is 1. The molecule has 0 aliphatic carbocycles. The third kappa shape index (κ3) is 3.82. The van der Waals surface area contributed by atoms with Crippen LogP contribution in [-0.4, -0.2) is 29.2 Å². The maximum atomic E-state index is 13.4. The highest BCUT2D eigenvalue weighted by Crippen LogP contribution is 2.34. The summed E-state index contributed by atoms with van der Waals surface area (Å²) in [6.45, 7) is 7.61. The lowest BCUT2D eigenvalue weighted by Gasteiger charge is -2.27. The Hall–Kier alpha value is -2.95. The highest BCUT2D eigenvalue weighted by Gasteiger charge is 2.52. The zero-order valence-corrected chi connectivity index (χ0v) is 17.5. The molecule has 0 bridgehead atoms. The van der Waals surface area contributed by atoms with Gasteiger partial charge in [-0.25, -0.2) is 4.79 Å². The van der Waals surface area contributed by atoms with Crippen LogP contribution in [0.2, 0.25) is 0 Å². The summed E-state index contributed by atoms with van der Waals surface area (Å²) in [7, 11) is 0. The summed E-state index contributed by atoms with van der Waals surface area (Å²) in [5.74, 6) is -0.578. The second kappa shape index (κ2) is 8.19. The van der Waals surface area contributed by atoms with Gasteiger partial charge in [-0.3, -0.25) is 14.5 Å². The topological polar surface area (TPSA) is 66.5 Å². The number of aryl methyl sites for hydroxylation is 3. The van der Waals surface area contributed by atoms with Gasteiger partial charge in [-0.2, -0.15) is 0 Å². The molecule has 1 fully saturated rings. The average Bonchev–Trinajstić information content (AvgIpc) is 2.94. The van der Waals surface area contributed by atoms with Crippen molar-refractivity contribution in [3.63, 3.8) is 0 Å². The van der Waals surface area contributed by atoms with Crippen LogP contribution in [0, 0.1) is 20.8 Å². The molecule has 0 radical (unpaired) electrons. The molecule has 1 aliphatic rings. The average molecular weight is 392 g/mol. The smallest absolute Gasteiger partial charge is 0.319 e. The van der Waals surface area contributed by atoms with E-state index in [1.165, 1.54) is 0 Å². The highest BCUT2D eigenvalue weighted by molar-refractivity contribution is 6.11. The minimum atomic E-state index is -1.10. The van der Waals surface area contributed by atoms with Crippen molar-refractivity contribution < 1.29 is 14.4 Å². The lowest BCUT2D eigenvalue weighted by atomic mass is 9.85. The van der Waals surface area contributed by atoms with E-state index in [0.29, 0.717) is 12.0 Å². The number of imide groups is 1. The van der Waals surface area contributed by atoms with Gasteiger partial charge in [-0.05, 0) is 55.5 Å². The maximum Gasteiger partial charge on any atom is 0.325 e. The van der Waals surface area contributed by atoms with Crippen LogP contribution >= 0.6 is 0 Å². The molecule has 0 aromatic heterocycles. The zero-order valence-electron chi connectivity index (χ0n) is 17.5. The third-order valence-electron chi connectivity index (χ3n) is 5.79. The molecule has 5 heteroatoms. The predicted molar refractivity (Wildman–Crippen MR) is 113 cm³/mol. The molecular weight excluding hydrogens is 364 g/mol. The van der Waals surface area contributed by atoms with Gasteiger partial charge in [0.15, 0.2) is 5.78 Å². The Morgan fingerprint density at radius 2 is 1.66 bits per heavy atom. The third-order valence-corrected chi connectivity index (χ3v) is 5.79. The summed E-state index contributed by atoms with van der Waals surface area (Å²) in [5.41, 5.74) is 3.18. The lowest BCUT2D eigenvalue weighted by Crippen LogP contribution is -2.44. The van der Waals surface area contributed by atoms with Gasteiger partial charge in [0.05, 0.1) is 6.54 Å². The van der Waals surface area contributed by atoms with Crippen LogP contribution in [0.5, 0.6) is 0 Å². The normalized spacial score (nSPS) is 18.8. The number of rotatable bonds is 7. The summed E-state index contributed by atoms with van der Waals surface area (Å²) in [5, 5.41) is 2.90. The first-order chi connectivity index (χ1) is 13.8. The first kappa shape index (κ1) is 20.8. The maximum absolute atomic E-state index is 13.4. The number of Topliss-reactive ketones (excluding diaryl/α,β-unsaturated/α-hetero) is 1. The van der Waals surface area contributed by atoms with Crippen LogP contribution in [0.3, 0.4) is 0 Å². The molecule has 1 saturated heterocycles. The molecule has 152 valence electrons. The Morgan fingerprint density at radius 3 is 2.31 bits per heavy atom. The van der Waals surface area contributed by atoms with Crippen molar-refractivity contribution in [2.24, 2.45) is 0 Å². The van der Waals surface area contributed by atoms with Crippen LogP contribution < -0.4 is 5.32 Å². The van der Waals surface area contributed by atoms with Gasteiger partial charge in [0.1, 0.15) is 5.54 Å². The van der Waals surface area contributed by atoms with Gasteiger partial charge < -0.3 is 5.32 Å². The van der Waals surface area contributed by atoms with E-state index in [9.17, 15) is 14.4 Å². The number of hydrogen-bond donors (Lipinski definition) is 1. The number of hydrogen-bond acceptors (Lipinski definition) is 3. The summed E-state index contributed by atoms with van der Waals surface area (Å²) in [4.78, 5) is 40.2. The van der Waals surface area contributed by atoms with Crippen LogP contribution in [-0.2, 0) is 10.3 Å². The van der Waals surface area contributed by atoms with Crippen molar-refractivity contribution in [2.45, 2.75) is 52.5 Å². The zero-order chi connectivity index (χ0) is 21.2. The molecular formula is C24H28N2O3. The number of carbonyl (C=O) groups is 3. The lowest BCUT2D eigenvalue weighted by molar-refractivity contribution is -0.131. The van der Waals surface area contributed by atoms with E-state index in [2.05, 4.69) is 5.32 Å². The summed E-state index contributed by atoms with van der Waals surface area (Å²) < 4.78 is 0. The molecule has 1 aliphatic heterocycles. The van der Waals surface area contributed by atoms with Gasteiger partial charge in [0.2, 0.25) is 0 Å². The van der Waals surface area contributed by atoms with E-state index in [-0.39, 0.29) is 18.2 Å². The fraction of sp³-hybridized carbons (Fsp3) is 0.375. The second-order valence-electron chi connectivity index (χ2n) is 7.87. The first-order valence-electron chi connectivity index (χ1n) is 10.1. The minimum Gasteiger partial charge on any atom is -0.319 e. The molecule has 29 heavy (non-hydrogen) atoms. The highest BCUT2D eigenvalue weighted by atomic mass is 16.2. The van der Waals surface area contributed by atoms with Crippen molar-refractivity contribution in [3.8, 4) is 0 Å². The van der Waals surface area contributed by atoms with E-state index < -0.39 is 11.6 Å². The number of nitrogens with one attached hydrogen (secondary N) is 1. The van der Waals surface area contributed by atoms with E-state index in [0.717, 1.165) is 40.0 Å². The van der Waals surface area contributed by atoms with Gasteiger partial charge in [0, 0.05) is 5.56 Å². The Labute approximate surface area is 172 Å². The number of nitrogens with zero attached hydrogens (tertiary/aromatic N) is 1. The van der Waals surface area contributed by atoms with Crippen LogP contribution in [0.15, 0.2) is 42.5 Å². The minimum absolute atomic E-state index is 0.228. The summed E-state index contributed by atoms with van der Waals surface area (Å²) in [6.07, 6.45) is 2.20. The molecule has 0 saturated carbocycles. The second-order valence-corrected chi connectivity index (χ2v) is 7.87. The Bertz CT molecular complexity index is 952. The monoisotopic (exact) mass is 392 g/mol. The number of amides is 3. The SMILES string of the molecule is CCCCC1(c2ccccc2)NC(=O)N(CC(=O)c2cc(C)c(C)cc2C)C1=O. The summed E-state index contributed by atoms with van der Waals surface area (Å²) >= 11 is 0. The van der Waals surface area contributed by atoms with Crippen LogP contribution in [0.25, 0.3) is 0 Å². The molecule has 1 N–H and O–H groups in total. The molecule has 1 heterocycles. The molecule has 0 spiro atoms. The molecule has 3 amide bonds. The number of urea groups is 1. The fourth-order valence-electron chi connectivity index (χ4n) is 3.93. The molecule has 1 atom stereocenters. The van der Waals surface area contributed by atoms with Gasteiger partial charge in [0.25, 0.3) is 5.91 Å². The van der Waals surface area contributed by atoms with Crippen LogP contribution in [0.1, 0.15) is 58.8 Å². The van der Waals surface area contributed by atoms with Crippen molar-refractivity contribution in [2.75, 3.05) is 6.54 Å². The molecule has 2 aromatic carbocycles. The Balaban J connectivity index is 1.91. The van der Waals surface area contributed by atoms with E-state index >= 15 is 0 Å². The van der Waals surface area contributed by atoms with Crippen molar-refractivity contribution in [1.82, 2.24) is 10.2 Å². The predicted octanol–water partition coefficient (Wildman–Crippen LogP) is 4.43. The molecule has 1 unspecified atom stereocenters. The number of unbranched alkanes of at least 4 members (excludes halogenated alkanes) is 1. The Morgan fingerprint density at radius 1 is 1.00 bits per heavy atom. The Kier molecular flexibility index (Phi) is 5.87. The van der Waals surface area contributed by atoms with Crippen LogP contribution in [0.4, 0.5) is 4.79 Å². The van der Waals surface area contributed by atoms with E-state index in [1.54, 1.807) is 0 Å². The summed E-state index contributed by atoms with van der Waals surface area (Å²) in [6, 6.07) is 12.6. The molecule has 2 aromatic rings.